The first-order chi connectivity index (χ1) is 12.9. The lowest BCUT2D eigenvalue weighted by Gasteiger charge is -2.22. The molecule has 3 N–H and O–H groups in total. The van der Waals surface area contributed by atoms with Crippen LogP contribution in [0.1, 0.15) is 24.3 Å². The maximum absolute atomic E-state index is 12.3. The Kier molecular flexibility index (Phi) is 7.25. The zero-order valence-corrected chi connectivity index (χ0v) is 16.0. The van der Waals surface area contributed by atoms with Gasteiger partial charge in [0.1, 0.15) is 5.76 Å². The van der Waals surface area contributed by atoms with E-state index in [1.54, 1.807) is 31.4 Å². The summed E-state index contributed by atoms with van der Waals surface area (Å²) in [6.07, 6.45) is 1.08. The smallest absolute Gasteiger partial charge is 0.411 e. The standard InChI is InChI=1S/C19H26N4O4/c1-5-26-19(25)22-15-9-6-8-14(13(15)2)21-18(24)20-12-16(23(3)4)17-10-7-11-27-17/h6-11,16H,5,12H2,1-4H3,(H,22,25)(H2,20,21,24). The van der Waals surface area contributed by atoms with Crippen molar-refractivity contribution >= 4 is 23.5 Å². The first-order valence-electron chi connectivity index (χ1n) is 8.70. The molecule has 8 nitrogen and oxygen atoms in total. The average Bonchev–Trinajstić information content (AvgIpc) is 3.13. The SMILES string of the molecule is CCOC(=O)Nc1cccc(NC(=O)NCC(c2ccco2)N(C)C)c1C. The maximum Gasteiger partial charge on any atom is 0.411 e. The van der Waals surface area contributed by atoms with E-state index < -0.39 is 6.09 Å². The molecule has 146 valence electrons. The normalized spacial score (nSPS) is 11.7. The second-order valence-electron chi connectivity index (χ2n) is 6.15. The number of urea groups is 1. The average molecular weight is 374 g/mol. The van der Waals surface area contributed by atoms with Crippen LogP contribution < -0.4 is 16.0 Å². The summed E-state index contributed by atoms with van der Waals surface area (Å²) < 4.78 is 10.3. The fraction of sp³-hybridized carbons (Fsp3) is 0.368. The van der Waals surface area contributed by atoms with Gasteiger partial charge in [-0.15, -0.1) is 0 Å². The first-order valence-corrected chi connectivity index (χ1v) is 8.70. The number of nitrogens with zero attached hydrogens (tertiary/aromatic N) is 1. The van der Waals surface area contributed by atoms with Crippen molar-refractivity contribution in [3.05, 3.63) is 47.9 Å². The zero-order chi connectivity index (χ0) is 19.8. The van der Waals surface area contributed by atoms with E-state index in [0.29, 0.717) is 17.9 Å². The van der Waals surface area contributed by atoms with Crippen molar-refractivity contribution < 1.29 is 18.7 Å². The van der Waals surface area contributed by atoms with Crippen molar-refractivity contribution in [3.63, 3.8) is 0 Å². The Hall–Kier alpha value is -3.00. The monoisotopic (exact) mass is 374 g/mol. The van der Waals surface area contributed by atoms with E-state index in [4.69, 9.17) is 9.15 Å². The number of likely N-dealkylation sites (N-methyl/N-ethyl adjacent to an activating group) is 1. The van der Waals surface area contributed by atoms with Gasteiger partial charge in [0, 0.05) is 17.9 Å². The van der Waals surface area contributed by atoms with E-state index in [0.717, 1.165) is 11.3 Å². The molecule has 0 saturated carbocycles. The van der Waals surface area contributed by atoms with Gasteiger partial charge in [-0.2, -0.15) is 0 Å². The van der Waals surface area contributed by atoms with E-state index in [1.165, 1.54) is 0 Å². The minimum Gasteiger partial charge on any atom is -0.468 e. The van der Waals surface area contributed by atoms with Gasteiger partial charge in [-0.25, -0.2) is 9.59 Å². The molecule has 1 atom stereocenters. The van der Waals surface area contributed by atoms with Crippen molar-refractivity contribution in [2.45, 2.75) is 19.9 Å². The van der Waals surface area contributed by atoms with Gasteiger partial charge in [0.2, 0.25) is 0 Å². The molecule has 3 amide bonds. The van der Waals surface area contributed by atoms with E-state index in [-0.39, 0.29) is 18.7 Å². The van der Waals surface area contributed by atoms with Crippen molar-refractivity contribution in [2.75, 3.05) is 37.9 Å². The van der Waals surface area contributed by atoms with Crippen LogP contribution in [0.15, 0.2) is 41.0 Å². The van der Waals surface area contributed by atoms with E-state index in [2.05, 4.69) is 16.0 Å². The molecule has 0 aliphatic carbocycles. The van der Waals surface area contributed by atoms with Crippen LogP contribution in [0.3, 0.4) is 0 Å². The fourth-order valence-electron chi connectivity index (χ4n) is 2.56. The summed E-state index contributed by atoms with van der Waals surface area (Å²) in [5.74, 6) is 0.775. The zero-order valence-electron chi connectivity index (χ0n) is 16.0. The Morgan fingerprint density at radius 3 is 2.44 bits per heavy atom. The van der Waals surface area contributed by atoms with Gasteiger partial charge in [0.05, 0.1) is 18.9 Å². The molecular formula is C19H26N4O4. The molecule has 0 aliphatic heterocycles. The van der Waals surface area contributed by atoms with Crippen molar-refractivity contribution in [1.82, 2.24) is 10.2 Å². The van der Waals surface area contributed by atoms with Crippen LogP contribution in [-0.4, -0.2) is 44.3 Å². The highest BCUT2D eigenvalue weighted by molar-refractivity contribution is 5.93. The lowest BCUT2D eigenvalue weighted by molar-refractivity contribution is 0.168. The highest BCUT2D eigenvalue weighted by atomic mass is 16.5. The highest BCUT2D eigenvalue weighted by Gasteiger charge is 2.18. The van der Waals surface area contributed by atoms with Crippen LogP contribution in [0.4, 0.5) is 21.0 Å². The number of ether oxygens (including phenoxy) is 1. The second kappa shape index (κ2) is 9.63. The van der Waals surface area contributed by atoms with Gasteiger partial charge < -0.3 is 19.8 Å². The predicted octanol–water partition coefficient (Wildman–Crippen LogP) is 3.58. The van der Waals surface area contributed by atoms with Gasteiger partial charge >= 0.3 is 12.1 Å². The maximum atomic E-state index is 12.3. The number of carbonyl (C=O) groups is 2. The summed E-state index contributed by atoms with van der Waals surface area (Å²) >= 11 is 0. The molecule has 0 fully saturated rings. The molecule has 1 aromatic heterocycles. The van der Waals surface area contributed by atoms with Crippen LogP contribution >= 0.6 is 0 Å². The Bertz CT molecular complexity index is 759. The van der Waals surface area contributed by atoms with E-state index in [9.17, 15) is 9.59 Å². The number of nitrogens with one attached hydrogen (secondary N) is 3. The number of furan rings is 1. The predicted molar refractivity (Wildman–Crippen MR) is 104 cm³/mol. The van der Waals surface area contributed by atoms with Gasteiger partial charge in [-0.3, -0.25) is 10.2 Å². The third kappa shape index (κ3) is 5.75. The summed E-state index contributed by atoms with van der Waals surface area (Å²) in [6, 6.07) is 8.52. The second-order valence-corrected chi connectivity index (χ2v) is 6.15. The molecule has 1 aromatic carbocycles. The molecule has 0 radical (unpaired) electrons. The quantitative estimate of drug-likeness (QED) is 0.688. The molecular weight excluding hydrogens is 348 g/mol. The summed E-state index contributed by atoms with van der Waals surface area (Å²) in [5, 5.41) is 8.31. The number of rotatable bonds is 7. The van der Waals surface area contributed by atoms with Crippen LogP contribution in [0, 0.1) is 6.92 Å². The number of hydrogen-bond donors (Lipinski definition) is 3. The number of benzene rings is 1. The molecule has 2 rings (SSSR count). The molecule has 0 spiro atoms. The number of hydrogen-bond acceptors (Lipinski definition) is 5. The first kappa shape index (κ1) is 20.3. The van der Waals surface area contributed by atoms with Gasteiger partial charge in [-0.1, -0.05) is 6.07 Å². The largest absolute Gasteiger partial charge is 0.468 e. The van der Waals surface area contributed by atoms with Crippen molar-refractivity contribution in [3.8, 4) is 0 Å². The van der Waals surface area contributed by atoms with Gasteiger partial charge in [-0.05, 0) is 57.8 Å². The van der Waals surface area contributed by atoms with Crippen LogP contribution in [-0.2, 0) is 4.74 Å². The fourth-order valence-corrected chi connectivity index (χ4v) is 2.56. The van der Waals surface area contributed by atoms with Crippen LogP contribution in [0.5, 0.6) is 0 Å². The molecule has 0 aliphatic rings. The third-order valence-corrected chi connectivity index (χ3v) is 4.05. The number of anilines is 2. The van der Waals surface area contributed by atoms with Gasteiger partial charge in [0.25, 0.3) is 0 Å². The molecule has 2 aromatic rings. The van der Waals surface area contributed by atoms with Crippen LogP contribution in [0.2, 0.25) is 0 Å². The van der Waals surface area contributed by atoms with Crippen molar-refractivity contribution in [1.29, 1.82) is 0 Å². The molecule has 1 unspecified atom stereocenters. The third-order valence-electron chi connectivity index (χ3n) is 4.05. The number of carbonyl (C=O) groups excluding carboxylic acids is 2. The van der Waals surface area contributed by atoms with E-state index >= 15 is 0 Å². The lowest BCUT2D eigenvalue weighted by Crippen LogP contribution is -2.36. The highest BCUT2D eigenvalue weighted by Crippen LogP contribution is 2.23. The summed E-state index contributed by atoms with van der Waals surface area (Å²) in [4.78, 5) is 25.9. The molecule has 8 heteroatoms. The molecule has 0 saturated heterocycles. The summed E-state index contributed by atoms with van der Waals surface area (Å²) in [6.45, 7) is 4.21. The van der Waals surface area contributed by atoms with Crippen molar-refractivity contribution in [2.24, 2.45) is 0 Å². The lowest BCUT2D eigenvalue weighted by atomic mass is 10.1. The Morgan fingerprint density at radius 2 is 1.85 bits per heavy atom. The minimum absolute atomic E-state index is 0.0799. The Morgan fingerprint density at radius 1 is 1.15 bits per heavy atom. The molecule has 0 bridgehead atoms. The molecule has 27 heavy (non-hydrogen) atoms. The summed E-state index contributed by atoms with van der Waals surface area (Å²) in [5.41, 5.74) is 1.91. The number of amides is 3. The summed E-state index contributed by atoms with van der Waals surface area (Å²) in [7, 11) is 3.84. The minimum atomic E-state index is -0.533. The Labute approximate surface area is 158 Å². The Balaban J connectivity index is 1.98. The van der Waals surface area contributed by atoms with Crippen LogP contribution in [0.25, 0.3) is 0 Å². The van der Waals surface area contributed by atoms with Gasteiger partial charge in [0.15, 0.2) is 0 Å². The molecule has 1 heterocycles. The topological polar surface area (TPSA) is 95.8 Å². The van der Waals surface area contributed by atoms with E-state index in [1.807, 2.05) is 38.1 Å².